The van der Waals surface area contributed by atoms with Crippen molar-refractivity contribution in [1.82, 2.24) is 0 Å². The van der Waals surface area contributed by atoms with Crippen molar-refractivity contribution in [3.05, 3.63) is 42.2 Å². The molecule has 0 radical (unpaired) electrons. The maximum atomic E-state index is 13.4. The van der Waals surface area contributed by atoms with Gasteiger partial charge in [-0.3, -0.25) is 9.62 Å². The van der Waals surface area contributed by atoms with E-state index in [2.05, 4.69) is 10.1 Å². The first-order valence-electron chi connectivity index (χ1n) is 9.72. The van der Waals surface area contributed by atoms with E-state index in [1.165, 1.54) is 25.1 Å². The van der Waals surface area contributed by atoms with Gasteiger partial charge in [0.2, 0.25) is 0 Å². The van der Waals surface area contributed by atoms with Gasteiger partial charge < -0.3 is 14.6 Å². The molecule has 0 spiro atoms. The molecule has 0 fully saturated rings. The van der Waals surface area contributed by atoms with E-state index in [1.54, 1.807) is 0 Å². The second-order valence-electron chi connectivity index (χ2n) is 7.09. The van der Waals surface area contributed by atoms with Crippen LogP contribution in [0.1, 0.15) is 13.3 Å². The van der Waals surface area contributed by atoms with E-state index >= 15 is 0 Å². The predicted octanol–water partition coefficient (Wildman–Crippen LogP) is 4.26. The Morgan fingerprint density at radius 1 is 1.27 bits per heavy atom. The third kappa shape index (κ3) is 5.41. The Morgan fingerprint density at radius 2 is 2.00 bits per heavy atom. The zero-order valence-electron chi connectivity index (χ0n) is 17.2. The van der Waals surface area contributed by atoms with Gasteiger partial charge in [-0.05, 0) is 36.8 Å². The van der Waals surface area contributed by atoms with Crippen LogP contribution in [0.5, 0.6) is 11.5 Å². The second-order valence-corrected chi connectivity index (χ2v) is 8.95. The maximum Gasteiger partial charge on any atom is 0.411 e. The molecule has 1 aliphatic rings. The first-order chi connectivity index (χ1) is 15.4. The smallest absolute Gasteiger partial charge is 0.411 e. The highest BCUT2D eigenvalue weighted by Crippen LogP contribution is 2.38. The van der Waals surface area contributed by atoms with E-state index in [9.17, 15) is 35.9 Å². The molecule has 13 heteroatoms. The highest BCUT2D eigenvalue weighted by molar-refractivity contribution is 7.92. The number of anilines is 2. The Labute approximate surface area is 186 Å². The highest BCUT2D eigenvalue weighted by atomic mass is 32.2. The predicted molar refractivity (Wildman–Crippen MR) is 109 cm³/mol. The molecule has 2 aromatic rings. The number of nitrogens with zero attached hydrogens (tertiary/aromatic N) is 1. The summed E-state index contributed by atoms with van der Waals surface area (Å²) in [4.78, 5) is 11.6. The summed E-state index contributed by atoms with van der Waals surface area (Å²) in [5.41, 5.74) is 0.0797. The van der Waals surface area contributed by atoms with E-state index < -0.39 is 46.4 Å². The van der Waals surface area contributed by atoms with Crippen LogP contribution in [-0.2, 0) is 14.8 Å². The number of benzene rings is 2. The normalized spacial score (nSPS) is 14.8. The zero-order chi connectivity index (χ0) is 24.4. The molecule has 2 aromatic carbocycles. The minimum Gasteiger partial charge on any atom is -0.505 e. The number of hydrogen-bond donors (Lipinski definition) is 2. The SMILES string of the molecule is CCC(COC(=O)Nc1ccc2c(c1)N(S(=O)(=O)c1ccc(F)c(O)c1)CCO2)C(F)(F)F. The van der Waals surface area contributed by atoms with Gasteiger partial charge in [0, 0.05) is 11.8 Å². The Bertz CT molecular complexity index is 1140. The van der Waals surface area contributed by atoms with E-state index in [0.29, 0.717) is 0 Å². The van der Waals surface area contributed by atoms with Crippen LogP contribution < -0.4 is 14.4 Å². The number of phenolic OH excluding ortho intramolecular Hbond substituents is 1. The van der Waals surface area contributed by atoms with Gasteiger partial charge in [-0.2, -0.15) is 13.2 Å². The molecular formula is C20H20F4N2O6S. The van der Waals surface area contributed by atoms with Crippen molar-refractivity contribution in [3.8, 4) is 11.5 Å². The molecule has 3 rings (SSSR count). The summed E-state index contributed by atoms with van der Waals surface area (Å²) in [5.74, 6) is -3.48. The Kier molecular flexibility index (Phi) is 6.91. The second kappa shape index (κ2) is 9.33. The van der Waals surface area contributed by atoms with Crippen molar-refractivity contribution >= 4 is 27.5 Å². The molecule has 1 atom stereocenters. The van der Waals surface area contributed by atoms with E-state index in [-0.39, 0.29) is 41.6 Å². The molecule has 2 N–H and O–H groups in total. The number of nitrogens with one attached hydrogen (secondary N) is 1. The average molecular weight is 492 g/mol. The Balaban J connectivity index is 1.81. The third-order valence-electron chi connectivity index (χ3n) is 4.90. The molecule has 1 heterocycles. The molecule has 0 aromatic heterocycles. The number of sulfonamides is 1. The van der Waals surface area contributed by atoms with Crippen molar-refractivity contribution in [1.29, 1.82) is 0 Å². The molecule has 0 saturated carbocycles. The van der Waals surface area contributed by atoms with Crippen LogP contribution in [0.2, 0.25) is 0 Å². The van der Waals surface area contributed by atoms with Crippen molar-refractivity contribution < 1.29 is 45.4 Å². The van der Waals surface area contributed by atoms with Gasteiger partial charge in [0.1, 0.15) is 19.0 Å². The van der Waals surface area contributed by atoms with E-state index in [4.69, 9.17) is 4.74 Å². The molecule has 1 aliphatic heterocycles. The van der Waals surface area contributed by atoms with Crippen LogP contribution in [-0.4, -0.2) is 45.6 Å². The highest BCUT2D eigenvalue weighted by Gasteiger charge is 2.39. The molecule has 33 heavy (non-hydrogen) atoms. The lowest BCUT2D eigenvalue weighted by Gasteiger charge is -2.31. The topological polar surface area (TPSA) is 105 Å². The lowest BCUT2D eigenvalue weighted by atomic mass is 10.1. The molecule has 0 saturated heterocycles. The zero-order valence-corrected chi connectivity index (χ0v) is 18.0. The van der Waals surface area contributed by atoms with Crippen molar-refractivity contribution in [2.24, 2.45) is 5.92 Å². The number of aromatic hydroxyl groups is 1. The number of ether oxygens (including phenoxy) is 2. The number of amides is 1. The molecule has 0 aliphatic carbocycles. The van der Waals surface area contributed by atoms with Gasteiger partial charge >= 0.3 is 12.3 Å². The number of phenols is 1. The number of carbonyl (C=O) groups excluding carboxylic acids is 1. The summed E-state index contributed by atoms with van der Waals surface area (Å²) in [6.07, 6.45) is -5.92. The molecule has 1 amide bonds. The van der Waals surface area contributed by atoms with Crippen LogP contribution in [0.25, 0.3) is 0 Å². The molecule has 180 valence electrons. The van der Waals surface area contributed by atoms with Crippen molar-refractivity contribution in [2.45, 2.75) is 24.4 Å². The van der Waals surface area contributed by atoms with Gasteiger partial charge in [-0.1, -0.05) is 6.92 Å². The molecule has 0 bridgehead atoms. The van der Waals surface area contributed by atoms with Crippen LogP contribution >= 0.6 is 0 Å². The number of alkyl halides is 3. The van der Waals surface area contributed by atoms with Gasteiger partial charge in [0.05, 0.1) is 23.0 Å². The summed E-state index contributed by atoms with van der Waals surface area (Å²) >= 11 is 0. The lowest BCUT2D eigenvalue weighted by Crippen LogP contribution is -2.38. The summed E-state index contributed by atoms with van der Waals surface area (Å²) in [6, 6.07) is 6.55. The van der Waals surface area contributed by atoms with E-state index in [1.807, 2.05) is 0 Å². The third-order valence-corrected chi connectivity index (χ3v) is 6.71. The number of carbonyl (C=O) groups is 1. The fourth-order valence-electron chi connectivity index (χ4n) is 3.07. The Hall–Kier alpha value is -3.22. The van der Waals surface area contributed by atoms with Crippen LogP contribution in [0.15, 0.2) is 41.3 Å². The fourth-order valence-corrected chi connectivity index (χ4v) is 4.55. The number of halogens is 4. The van der Waals surface area contributed by atoms with Gasteiger partial charge in [0.25, 0.3) is 10.0 Å². The first-order valence-corrected chi connectivity index (χ1v) is 11.2. The summed E-state index contributed by atoms with van der Waals surface area (Å²) < 4.78 is 88.9. The number of rotatable bonds is 6. The average Bonchev–Trinajstić information content (AvgIpc) is 2.74. The van der Waals surface area contributed by atoms with Crippen molar-refractivity contribution in [3.63, 3.8) is 0 Å². The van der Waals surface area contributed by atoms with E-state index in [0.717, 1.165) is 22.5 Å². The fraction of sp³-hybridized carbons (Fsp3) is 0.350. The number of hydrogen-bond acceptors (Lipinski definition) is 6. The summed E-state index contributed by atoms with van der Waals surface area (Å²) in [7, 11) is -4.24. The minimum absolute atomic E-state index is 0.00404. The van der Waals surface area contributed by atoms with Crippen LogP contribution in [0, 0.1) is 11.7 Å². The standard InChI is InChI=1S/C20H20F4N2O6S/c1-2-12(20(22,23)24)11-32-19(28)25-13-3-6-18-16(9-13)26(7-8-31-18)33(29,30)14-4-5-15(21)17(27)10-14/h3-6,9-10,12,27H,2,7-8,11H2,1H3,(H,25,28). The largest absolute Gasteiger partial charge is 0.505 e. The number of fused-ring (bicyclic) bond motifs is 1. The van der Waals surface area contributed by atoms with Crippen molar-refractivity contribution in [2.75, 3.05) is 29.4 Å². The molecule has 1 unspecified atom stereocenters. The first kappa shape index (κ1) is 24.4. The quantitative estimate of drug-likeness (QED) is 0.584. The monoisotopic (exact) mass is 492 g/mol. The minimum atomic E-state index is -4.51. The Morgan fingerprint density at radius 3 is 2.64 bits per heavy atom. The van der Waals surface area contributed by atoms with Gasteiger partial charge in [0.15, 0.2) is 11.6 Å². The summed E-state index contributed by atoms with van der Waals surface area (Å²) in [6.45, 7) is 0.336. The maximum absolute atomic E-state index is 13.4. The van der Waals surface area contributed by atoms with Gasteiger partial charge in [-0.15, -0.1) is 0 Å². The molecular weight excluding hydrogens is 472 g/mol. The molecule has 8 nitrogen and oxygen atoms in total. The lowest BCUT2D eigenvalue weighted by molar-refractivity contribution is -0.183. The van der Waals surface area contributed by atoms with Gasteiger partial charge in [-0.25, -0.2) is 17.6 Å². The summed E-state index contributed by atoms with van der Waals surface area (Å²) in [5, 5.41) is 11.8. The van der Waals surface area contributed by atoms with Crippen LogP contribution in [0.4, 0.5) is 33.7 Å². The van der Waals surface area contributed by atoms with Crippen LogP contribution in [0.3, 0.4) is 0 Å².